The van der Waals surface area contributed by atoms with Crippen molar-refractivity contribution in [3.63, 3.8) is 0 Å². The van der Waals surface area contributed by atoms with Gasteiger partial charge in [0.05, 0.1) is 0 Å². The van der Waals surface area contributed by atoms with Gasteiger partial charge < -0.3 is 4.43 Å². The molecule has 2 heteroatoms. The van der Waals surface area contributed by atoms with E-state index >= 15 is 0 Å². The van der Waals surface area contributed by atoms with Gasteiger partial charge in [-0.3, -0.25) is 0 Å². The van der Waals surface area contributed by atoms with Crippen LogP contribution in [0.1, 0.15) is 26.7 Å². The van der Waals surface area contributed by atoms with E-state index in [1.165, 1.54) is 23.2 Å². The Morgan fingerprint density at radius 3 is 1.70 bits per heavy atom. The number of rotatable bonds is 7. The largest absolute Gasteiger partial charge is 0.408 e. The maximum atomic E-state index is 6.44. The number of hydrogen-bond donors (Lipinski definition) is 0. The predicted molar refractivity (Wildman–Crippen MR) is 89.2 cm³/mol. The lowest BCUT2D eigenvalue weighted by atomic mass is 10.4. The molecule has 0 aliphatic heterocycles. The summed E-state index contributed by atoms with van der Waals surface area (Å²) in [5.41, 5.74) is 0. The van der Waals surface area contributed by atoms with Crippen LogP contribution < -0.4 is 10.4 Å². The highest BCUT2D eigenvalue weighted by atomic mass is 28.4. The van der Waals surface area contributed by atoms with E-state index in [4.69, 9.17) is 4.43 Å². The lowest BCUT2D eigenvalue weighted by molar-refractivity contribution is 0.337. The maximum absolute atomic E-state index is 6.44. The molecule has 0 aromatic heterocycles. The van der Waals surface area contributed by atoms with Crippen LogP contribution in [-0.4, -0.2) is 14.9 Å². The van der Waals surface area contributed by atoms with Gasteiger partial charge in [0.25, 0.3) is 8.32 Å². The summed E-state index contributed by atoms with van der Waals surface area (Å²) in [4.78, 5) is 0. The Kier molecular flexibility index (Phi) is 5.56. The summed E-state index contributed by atoms with van der Waals surface area (Å²) in [6.07, 6.45) is 2.43. The molecule has 0 aliphatic carbocycles. The Morgan fingerprint density at radius 2 is 1.30 bits per heavy atom. The second kappa shape index (κ2) is 7.41. The summed E-state index contributed by atoms with van der Waals surface area (Å²) in [5.74, 6) is 0. The third-order valence-corrected chi connectivity index (χ3v) is 8.12. The van der Waals surface area contributed by atoms with Crippen molar-refractivity contribution in [2.24, 2.45) is 0 Å². The van der Waals surface area contributed by atoms with Crippen LogP contribution in [0.15, 0.2) is 60.7 Å². The molecule has 0 bridgehead atoms. The fourth-order valence-corrected chi connectivity index (χ4v) is 6.98. The van der Waals surface area contributed by atoms with Crippen molar-refractivity contribution in [3.8, 4) is 0 Å². The third-order valence-electron chi connectivity index (χ3n) is 3.75. The van der Waals surface area contributed by atoms with E-state index in [2.05, 4.69) is 74.5 Å². The maximum Gasteiger partial charge on any atom is 0.255 e. The molecule has 0 radical (unpaired) electrons. The van der Waals surface area contributed by atoms with Crippen LogP contribution >= 0.6 is 0 Å². The lowest BCUT2D eigenvalue weighted by Gasteiger charge is -2.32. The first-order chi connectivity index (χ1) is 9.83. The molecule has 2 aromatic rings. The summed E-state index contributed by atoms with van der Waals surface area (Å²) >= 11 is 0. The van der Waals surface area contributed by atoms with E-state index in [1.807, 2.05) is 0 Å². The molecule has 20 heavy (non-hydrogen) atoms. The molecule has 0 aliphatic rings. The van der Waals surface area contributed by atoms with Gasteiger partial charge in [0, 0.05) is 6.61 Å². The molecule has 0 saturated heterocycles. The molecular weight excluding hydrogens is 260 g/mol. The first-order valence-corrected chi connectivity index (χ1v) is 9.70. The highest BCUT2D eigenvalue weighted by molar-refractivity contribution is 6.97. The average molecular weight is 284 g/mol. The molecule has 0 spiro atoms. The zero-order valence-electron chi connectivity index (χ0n) is 12.5. The fourth-order valence-electron chi connectivity index (χ4n) is 2.78. The highest BCUT2D eigenvalue weighted by Gasteiger charge is 2.38. The third kappa shape index (κ3) is 3.19. The second-order valence-electron chi connectivity index (χ2n) is 5.10. The van der Waals surface area contributed by atoms with Crippen LogP contribution in [0, 0.1) is 0 Å². The summed E-state index contributed by atoms with van der Waals surface area (Å²) in [5, 5.41) is 2.78. The van der Waals surface area contributed by atoms with Crippen molar-refractivity contribution in [3.05, 3.63) is 60.7 Å². The Bertz CT molecular complexity index is 456. The molecule has 2 aromatic carbocycles. The monoisotopic (exact) mass is 284 g/mol. The van der Waals surface area contributed by atoms with Gasteiger partial charge in [-0.15, -0.1) is 0 Å². The van der Waals surface area contributed by atoms with Crippen LogP contribution in [0.5, 0.6) is 0 Å². The average Bonchev–Trinajstić information content (AvgIpc) is 2.53. The summed E-state index contributed by atoms with van der Waals surface area (Å²) in [6.45, 7) is 5.14. The molecule has 0 saturated carbocycles. The van der Waals surface area contributed by atoms with Crippen molar-refractivity contribution in [2.45, 2.75) is 32.7 Å². The minimum absolute atomic E-state index is 0.778. The molecule has 2 rings (SSSR count). The fraction of sp³-hybridized carbons (Fsp3) is 0.333. The Hall–Kier alpha value is -1.38. The summed E-state index contributed by atoms with van der Waals surface area (Å²) in [7, 11) is -2.07. The molecule has 0 N–H and O–H groups in total. The van der Waals surface area contributed by atoms with Gasteiger partial charge in [-0.2, -0.15) is 0 Å². The number of hydrogen-bond acceptors (Lipinski definition) is 1. The van der Waals surface area contributed by atoms with Crippen LogP contribution in [-0.2, 0) is 4.43 Å². The van der Waals surface area contributed by atoms with Crippen LogP contribution in [0.4, 0.5) is 0 Å². The SMILES string of the molecule is CCCC[Si](OCC)(c1ccccc1)c1ccccc1. The van der Waals surface area contributed by atoms with Gasteiger partial charge >= 0.3 is 0 Å². The van der Waals surface area contributed by atoms with E-state index < -0.39 is 8.32 Å². The molecule has 0 amide bonds. The van der Waals surface area contributed by atoms with Gasteiger partial charge in [0.15, 0.2) is 0 Å². The van der Waals surface area contributed by atoms with E-state index in [9.17, 15) is 0 Å². The van der Waals surface area contributed by atoms with E-state index in [0.29, 0.717) is 0 Å². The highest BCUT2D eigenvalue weighted by Crippen LogP contribution is 2.17. The summed E-state index contributed by atoms with van der Waals surface area (Å²) in [6, 6.07) is 22.8. The standard InChI is InChI=1S/C18H24OSi/c1-3-5-16-20(19-4-2,17-12-8-6-9-13-17)18-14-10-7-11-15-18/h6-15H,3-5,16H2,1-2H3. The van der Waals surface area contributed by atoms with Crippen molar-refractivity contribution in [1.29, 1.82) is 0 Å². The number of benzene rings is 2. The Labute approximate surface area is 123 Å². The first kappa shape index (κ1) is 15.0. The van der Waals surface area contributed by atoms with Crippen LogP contribution in [0.2, 0.25) is 6.04 Å². The Morgan fingerprint density at radius 1 is 0.800 bits per heavy atom. The van der Waals surface area contributed by atoms with E-state index in [0.717, 1.165) is 12.7 Å². The minimum atomic E-state index is -2.07. The van der Waals surface area contributed by atoms with Crippen LogP contribution in [0.3, 0.4) is 0 Å². The molecule has 0 atom stereocenters. The van der Waals surface area contributed by atoms with Crippen molar-refractivity contribution < 1.29 is 4.43 Å². The summed E-state index contributed by atoms with van der Waals surface area (Å²) < 4.78 is 6.44. The molecule has 0 heterocycles. The minimum Gasteiger partial charge on any atom is -0.408 e. The molecule has 106 valence electrons. The zero-order valence-corrected chi connectivity index (χ0v) is 13.5. The molecule has 0 fully saturated rings. The molecular formula is C18H24OSi. The first-order valence-electron chi connectivity index (χ1n) is 7.58. The molecule has 0 unspecified atom stereocenters. The smallest absolute Gasteiger partial charge is 0.255 e. The van der Waals surface area contributed by atoms with Gasteiger partial charge in [-0.25, -0.2) is 0 Å². The second-order valence-corrected chi connectivity index (χ2v) is 8.69. The van der Waals surface area contributed by atoms with Gasteiger partial charge in [0.2, 0.25) is 0 Å². The quantitative estimate of drug-likeness (QED) is 0.706. The van der Waals surface area contributed by atoms with Crippen molar-refractivity contribution >= 4 is 18.7 Å². The van der Waals surface area contributed by atoms with Gasteiger partial charge in [-0.1, -0.05) is 80.4 Å². The zero-order chi connectivity index (χ0) is 14.3. The predicted octanol–water partition coefficient (Wildman–Crippen LogP) is 3.58. The lowest BCUT2D eigenvalue weighted by Crippen LogP contribution is -2.60. The van der Waals surface area contributed by atoms with Crippen molar-refractivity contribution in [2.75, 3.05) is 6.61 Å². The van der Waals surface area contributed by atoms with Gasteiger partial charge in [-0.05, 0) is 23.3 Å². The van der Waals surface area contributed by atoms with Gasteiger partial charge in [0.1, 0.15) is 0 Å². The normalized spacial score (nSPS) is 11.5. The van der Waals surface area contributed by atoms with E-state index in [-0.39, 0.29) is 0 Å². The number of unbranched alkanes of at least 4 members (excludes halogenated alkanes) is 1. The molecule has 1 nitrogen and oxygen atoms in total. The van der Waals surface area contributed by atoms with Crippen LogP contribution in [0.25, 0.3) is 0 Å². The Balaban J connectivity index is 2.50. The van der Waals surface area contributed by atoms with E-state index in [1.54, 1.807) is 0 Å². The topological polar surface area (TPSA) is 9.23 Å². The van der Waals surface area contributed by atoms with Crippen molar-refractivity contribution in [1.82, 2.24) is 0 Å².